The maximum absolute atomic E-state index is 5.97. The number of quaternary nitrogens is 1. The van der Waals surface area contributed by atoms with Crippen LogP contribution in [0.1, 0.15) is 24.5 Å². The SMILES string of the molecule is CCOCCC[NH2+]Cc1ccccc1OCc1ccccc1. The molecule has 2 aromatic rings. The van der Waals surface area contributed by atoms with Crippen LogP contribution < -0.4 is 10.1 Å². The molecule has 2 aromatic carbocycles. The van der Waals surface area contributed by atoms with Gasteiger partial charge in [0.05, 0.1) is 13.2 Å². The van der Waals surface area contributed by atoms with E-state index in [0.717, 1.165) is 38.5 Å². The molecule has 0 aromatic heterocycles. The summed E-state index contributed by atoms with van der Waals surface area (Å²) < 4.78 is 11.3. The predicted molar refractivity (Wildman–Crippen MR) is 88.8 cm³/mol. The number of rotatable bonds is 10. The Bertz CT molecular complexity index is 528. The molecule has 0 bridgehead atoms. The van der Waals surface area contributed by atoms with Gasteiger partial charge in [-0.3, -0.25) is 0 Å². The van der Waals surface area contributed by atoms with Crippen molar-refractivity contribution >= 4 is 0 Å². The second kappa shape index (κ2) is 9.98. The third-order valence-corrected chi connectivity index (χ3v) is 3.48. The van der Waals surface area contributed by atoms with E-state index in [9.17, 15) is 0 Å². The topological polar surface area (TPSA) is 35.1 Å². The largest absolute Gasteiger partial charge is 0.488 e. The zero-order valence-corrected chi connectivity index (χ0v) is 13.3. The molecule has 0 radical (unpaired) electrons. The molecule has 0 amide bonds. The van der Waals surface area contributed by atoms with Crippen LogP contribution in [0.4, 0.5) is 0 Å². The Balaban J connectivity index is 1.79. The zero-order chi connectivity index (χ0) is 15.5. The van der Waals surface area contributed by atoms with Gasteiger partial charge in [-0.1, -0.05) is 42.5 Å². The van der Waals surface area contributed by atoms with Crippen LogP contribution in [0.3, 0.4) is 0 Å². The summed E-state index contributed by atoms with van der Waals surface area (Å²) in [5, 5.41) is 2.31. The maximum Gasteiger partial charge on any atom is 0.128 e. The quantitative estimate of drug-likeness (QED) is 0.685. The second-order valence-corrected chi connectivity index (χ2v) is 5.21. The van der Waals surface area contributed by atoms with Gasteiger partial charge in [0.2, 0.25) is 0 Å². The van der Waals surface area contributed by atoms with Crippen LogP contribution in [-0.4, -0.2) is 19.8 Å². The van der Waals surface area contributed by atoms with Crippen molar-refractivity contribution in [2.24, 2.45) is 0 Å². The molecule has 0 saturated heterocycles. The summed E-state index contributed by atoms with van der Waals surface area (Å²) >= 11 is 0. The van der Waals surface area contributed by atoms with Gasteiger partial charge in [0, 0.05) is 18.6 Å². The molecule has 0 unspecified atom stereocenters. The van der Waals surface area contributed by atoms with Crippen molar-refractivity contribution < 1.29 is 14.8 Å². The fraction of sp³-hybridized carbons (Fsp3) is 0.368. The number of para-hydroxylation sites is 1. The average molecular weight is 300 g/mol. The molecule has 22 heavy (non-hydrogen) atoms. The molecule has 2 rings (SSSR count). The highest BCUT2D eigenvalue weighted by molar-refractivity contribution is 5.32. The number of hydrogen-bond donors (Lipinski definition) is 1. The molecule has 3 heteroatoms. The van der Waals surface area contributed by atoms with E-state index in [1.807, 2.05) is 37.3 Å². The predicted octanol–water partition coefficient (Wildman–Crippen LogP) is 2.76. The van der Waals surface area contributed by atoms with Crippen LogP contribution in [0.2, 0.25) is 0 Å². The summed E-state index contributed by atoms with van der Waals surface area (Å²) in [5.41, 5.74) is 2.44. The van der Waals surface area contributed by atoms with Crippen molar-refractivity contribution in [2.45, 2.75) is 26.5 Å². The molecular weight excluding hydrogens is 274 g/mol. The van der Waals surface area contributed by atoms with Crippen molar-refractivity contribution in [1.29, 1.82) is 0 Å². The smallest absolute Gasteiger partial charge is 0.128 e. The Hall–Kier alpha value is -1.84. The summed E-state index contributed by atoms with van der Waals surface area (Å²) in [6.07, 6.45) is 1.08. The number of benzene rings is 2. The second-order valence-electron chi connectivity index (χ2n) is 5.21. The molecule has 0 aliphatic heterocycles. The first kappa shape index (κ1) is 16.5. The molecule has 0 spiro atoms. The first-order valence-corrected chi connectivity index (χ1v) is 8.04. The van der Waals surface area contributed by atoms with Crippen molar-refractivity contribution in [3.63, 3.8) is 0 Å². The molecule has 0 aliphatic carbocycles. The van der Waals surface area contributed by atoms with Crippen LogP contribution in [0.25, 0.3) is 0 Å². The van der Waals surface area contributed by atoms with Gasteiger partial charge >= 0.3 is 0 Å². The van der Waals surface area contributed by atoms with E-state index >= 15 is 0 Å². The molecule has 0 fully saturated rings. The Morgan fingerprint density at radius 2 is 1.73 bits per heavy atom. The van der Waals surface area contributed by atoms with Gasteiger partial charge in [0.1, 0.15) is 18.9 Å². The summed E-state index contributed by atoms with van der Waals surface area (Å²) in [5.74, 6) is 0.979. The average Bonchev–Trinajstić information content (AvgIpc) is 2.58. The summed E-state index contributed by atoms with van der Waals surface area (Å²) in [7, 11) is 0. The van der Waals surface area contributed by atoms with E-state index < -0.39 is 0 Å². The van der Waals surface area contributed by atoms with Gasteiger partial charge in [-0.15, -0.1) is 0 Å². The zero-order valence-electron chi connectivity index (χ0n) is 13.3. The van der Waals surface area contributed by atoms with Crippen LogP contribution in [0.15, 0.2) is 54.6 Å². The lowest BCUT2D eigenvalue weighted by molar-refractivity contribution is -0.671. The van der Waals surface area contributed by atoms with Gasteiger partial charge in [0.25, 0.3) is 0 Å². The minimum atomic E-state index is 0.613. The van der Waals surface area contributed by atoms with Crippen LogP contribution in [0.5, 0.6) is 5.75 Å². The first-order valence-electron chi connectivity index (χ1n) is 8.04. The molecule has 0 saturated carbocycles. The standard InChI is InChI=1S/C19H25NO2/c1-2-21-14-8-13-20-15-18-11-6-7-12-19(18)22-16-17-9-4-3-5-10-17/h3-7,9-12,20H,2,8,13-16H2,1H3/p+1. The highest BCUT2D eigenvalue weighted by Gasteiger charge is 2.05. The molecule has 0 heterocycles. The van der Waals surface area contributed by atoms with E-state index in [1.54, 1.807) is 0 Å². The molecule has 118 valence electrons. The molecule has 0 atom stereocenters. The van der Waals surface area contributed by atoms with Gasteiger partial charge in [-0.05, 0) is 24.6 Å². The molecule has 3 nitrogen and oxygen atoms in total. The van der Waals surface area contributed by atoms with Gasteiger partial charge in [-0.2, -0.15) is 0 Å². The monoisotopic (exact) mass is 300 g/mol. The van der Waals surface area contributed by atoms with Crippen molar-refractivity contribution in [2.75, 3.05) is 19.8 Å². The summed E-state index contributed by atoms with van der Waals surface area (Å²) in [6, 6.07) is 18.6. The van der Waals surface area contributed by atoms with Crippen molar-refractivity contribution in [3.05, 3.63) is 65.7 Å². The highest BCUT2D eigenvalue weighted by Crippen LogP contribution is 2.18. The fourth-order valence-corrected chi connectivity index (χ4v) is 2.28. The summed E-state index contributed by atoms with van der Waals surface area (Å²) in [4.78, 5) is 0. The van der Waals surface area contributed by atoms with Crippen LogP contribution >= 0.6 is 0 Å². The van der Waals surface area contributed by atoms with E-state index in [2.05, 4.69) is 29.6 Å². The van der Waals surface area contributed by atoms with E-state index in [1.165, 1.54) is 11.1 Å². The van der Waals surface area contributed by atoms with Crippen LogP contribution in [0, 0.1) is 0 Å². The minimum absolute atomic E-state index is 0.613. The Morgan fingerprint density at radius 1 is 0.955 bits per heavy atom. The molecular formula is C19H26NO2+. The Kier molecular flexibility index (Phi) is 7.50. The lowest BCUT2D eigenvalue weighted by Crippen LogP contribution is -2.82. The van der Waals surface area contributed by atoms with Crippen LogP contribution in [-0.2, 0) is 17.9 Å². The molecule has 0 aliphatic rings. The first-order chi connectivity index (χ1) is 10.9. The minimum Gasteiger partial charge on any atom is -0.488 e. The Labute approximate surface area is 133 Å². The fourth-order valence-electron chi connectivity index (χ4n) is 2.28. The lowest BCUT2D eigenvalue weighted by atomic mass is 10.2. The number of hydrogen-bond acceptors (Lipinski definition) is 2. The third kappa shape index (κ3) is 5.88. The number of ether oxygens (including phenoxy) is 2. The van der Waals surface area contributed by atoms with Crippen molar-refractivity contribution in [3.8, 4) is 5.75 Å². The van der Waals surface area contributed by atoms with Gasteiger partial charge in [0.15, 0.2) is 0 Å². The number of nitrogens with two attached hydrogens (primary N) is 1. The van der Waals surface area contributed by atoms with Crippen molar-refractivity contribution in [1.82, 2.24) is 0 Å². The van der Waals surface area contributed by atoms with E-state index in [4.69, 9.17) is 9.47 Å². The van der Waals surface area contributed by atoms with E-state index in [-0.39, 0.29) is 0 Å². The summed E-state index contributed by atoms with van der Waals surface area (Å²) in [6.45, 7) is 6.31. The Morgan fingerprint density at radius 3 is 2.55 bits per heavy atom. The van der Waals surface area contributed by atoms with Gasteiger partial charge < -0.3 is 14.8 Å². The highest BCUT2D eigenvalue weighted by atomic mass is 16.5. The lowest BCUT2D eigenvalue weighted by Gasteiger charge is -2.11. The van der Waals surface area contributed by atoms with Gasteiger partial charge in [-0.25, -0.2) is 0 Å². The molecule has 2 N–H and O–H groups in total. The van der Waals surface area contributed by atoms with E-state index in [0.29, 0.717) is 6.61 Å². The maximum atomic E-state index is 5.97. The third-order valence-electron chi connectivity index (χ3n) is 3.48. The normalized spacial score (nSPS) is 10.6.